The molecule has 0 aliphatic rings. The minimum atomic E-state index is -3.70. The van der Waals surface area contributed by atoms with Crippen molar-refractivity contribution in [2.75, 3.05) is 4.72 Å². The van der Waals surface area contributed by atoms with Crippen LogP contribution < -0.4 is 4.72 Å². The van der Waals surface area contributed by atoms with Gasteiger partial charge in [0.05, 0.1) is 4.90 Å². The van der Waals surface area contributed by atoms with Crippen LogP contribution in [-0.4, -0.2) is 24.4 Å². The molecule has 0 bridgehead atoms. The molecule has 106 valence electrons. The van der Waals surface area contributed by atoms with E-state index in [0.29, 0.717) is 12.0 Å². The van der Waals surface area contributed by atoms with Crippen LogP contribution in [0.4, 0.5) is 5.13 Å². The molecule has 0 fully saturated rings. The number of benzene rings is 1. The zero-order valence-electron chi connectivity index (χ0n) is 11.0. The summed E-state index contributed by atoms with van der Waals surface area (Å²) in [7, 11) is -3.70. The van der Waals surface area contributed by atoms with Crippen LogP contribution in [0.25, 0.3) is 0 Å². The third kappa shape index (κ3) is 3.20. The van der Waals surface area contributed by atoms with Crippen molar-refractivity contribution in [3.63, 3.8) is 0 Å². The average molecular weight is 311 g/mol. The molecule has 0 saturated heterocycles. The highest BCUT2D eigenvalue weighted by molar-refractivity contribution is 7.93. The summed E-state index contributed by atoms with van der Waals surface area (Å²) in [6.45, 7) is 3.34. The van der Waals surface area contributed by atoms with Gasteiger partial charge in [0.1, 0.15) is 5.01 Å². The first-order valence-corrected chi connectivity index (χ1v) is 8.18. The molecule has 1 aromatic carbocycles. The highest BCUT2D eigenvalue weighted by atomic mass is 32.2. The van der Waals surface area contributed by atoms with Gasteiger partial charge in [0.15, 0.2) is 5.78 Å². The molecule has 0 atom stereocenters. The Hall–Kier alpha value is -1.80. The summed E-state index contributed by atoms with van der Waals surface area (Å²) in [6, 6.07) is 5.74. The Balaban J connectivity index is 2.23. The number of aromatic nitrogens is 2. The second-order valence-corrected chi connectivity index (χ2v) is 6.79. The monoisotopic (exact) mass is 311 g/mol. The topological polar surface area (TPSA) is 89.0 Å². The summed E-state index contributed by atoms with van der Waals surface area (Å²) in [6.07, 6.45) is 0.701. The Kier molecular flexibility index (Phi) is 4.15. The van der Waals surface area contributed by atoms with Crippen LogP contribution >= 0.6 is 11.3 Å². The summed E-state index contributed by atoms with van der Waals surface area (Å²) in [5.74, 6) is -0.112. The number of Topliss-reactive ketones (excluding diaryl/α,β-unsaturated/α-hetero) is 1. The van der Waals surface area contributed by atoms with Gasteiger partial charge in [0, 0.05) is 5.56 Å². The van der Waals surface area contributed by atoms with E-state index in [1.807, 2.05) is 6.92 Å². The summed E-state index contributed by atoms with van der Waals surface area (Å²) in [5, 5.41) is 8.61. The molecule has 0 unspecified atom stereocenters. The molecule has 2 aromatic rings. The van der Waals surface area contributed by atoms with Crippen LogP contribution in [-0.2, 0) is 16.4 Å². The second kappa shape index (κ2) is 5.68. The number of ketones is 1. The Morgan fingerprint density at radius 2 is 1.90 bits per heavy atom. The van der Waals surface area contributed by atoms with Crippen molar-refractivity contribution >= 4 is 32.3 Å². The van der Waals surface area contributed by atoms with E-state index in [1.165, 1.54) is 42.5 Å². The van der Waals surface area contributed by atoms with E-state index in [2.05, 4.69) is 14.9 Å². The number of hydrogen-bond donors (Lipinski definition) is 1. The predicted molar refractivity (Wildman–Crippen MR) is 76.5 cm³/mol. The number of rotatable bonds is 5. The fourth-order valence-electron chi connectivity index (χ4n) is 1.48. The van der Waals surface area contributed by atoms with Crippen molar-refractivity contribution in [2.24, 2.45) is 0 Å². The zero-order chi connectivity index (χ0) is 14.8. The van der Waals surface area contributed by atoms with Gasteiger partial charge in [-0.25, -0.2) is 8.42 Å². The molecule has 0 aliphatic heterocycles. The lowest BCUT2D eigenvalue weighted by atomic mass is 10.2. The summed E-state index contributed by atoms with van der Waals surface area (Å²) >= 11 is 1.20. The molecular weight excluding hydrogens is 298 g/mol. The lowest BCUT2D eigenvalue weighted by molar-refractivity contribution is 0.101. The molecule has 0 amide bonds. The maximum atomic E-state index is 12.1. The number of carbonyl (C=O) groups excluding carboxylic acids is 1. The highest BCUT2D eigenvalue weighted by Crippen LogP contribution is 2.20. The lowest BCUT2D eigenvalue weighted by Crippen LogP contribution is -2.13. The number of hydrogen-bond acceptors (Lipinski definition) is 6. The molecule has 6 nitrogen and oxygen atoms in total. The normalized spacial score (nSPS) is 11.3. The average Bonchev–Trinajstić information content (AvgIpc) is 2.85. The Labute approximate surface area is 120 Å². The maximum absolute atomic E-state index is 12.1. The zero-order valence-corrected chi connectivity index (χ0v) is 12.6. The third-order valence-electron chi connectivity index (χ3n) is 2.56. The number of carbonyl (C=O) groups is 1. The number of nitrogens with zero attached hydrogens (tertiary/aromatic N) is 2. The quantitative estimate of drug-likeness (QED) is 0.854. The number of aryl methyl sites for hydroxylation is 1. The van der Waals surface area contributed by atoms with Crippen molar-refractivity contribution in [3.05, 3.63) is 34.8 Å². The second-order valence-electron chi connectivity index (χ2n) is 4.04. The van der Waals surface area contributed by atoms with E-state index in [-0.39, 0.29) is 15.8 Å². The Morgan fingerprint density at radius 1 is 1.25 bits per heavy atom. The first-order valence-electron chi connectivity index (χ1n) is 5.88. The van der Waals surface area contributed by atoms with E-state index in [0.717, 1.165) is 5.01 Å². The van der Waals surface area contributed by atoms with Crippen molar-refractivity contribution in [1.29, 1.82) is 0 Å². The van der Waals surface area contributed by atoms with Crippen molar-refractivity contribution in [2.45, 2.75) is 25.2 Å². The first kappa shape index (κ1) is 14.6. The fraction of sp³-hybridized carbons (Fsp3) is 0.250. The number of anilines is 1. The van der Waals surface area contributed by atoms with Crippen molar-refractivity contribution in [3.8, 4) is 0 Å². The third-order valence-corrected chi connectivity index (χ3v) is 5.03. The van der Waals surface area contributed by atoms with Crippen LogP contribution in [0.3, 0.4) is 0 Å². The van der Waals surface area contributed by atoms with Gasteiger partial charge in [0.2, 0.25) is 5.13 Å². The summed E-state index contributed by atoms with van der Waals surface area (Å²) in [4.78, 5) is 11.2. The number of nitrogens with one attached hydrogen (secondary N) is 1. The summed E-state index contributed by atoms with van der Waals surface area (Å²) in [5.41, 5.74) is 0.466. The van der Waals surface area contributed by atoms with Gasteiger partial charge in [-0.3, -0.25) is 9.52 Å². The van der Waals surface area contributed by atoms with Gasteiger partial charge in [0.25, 0.3) is 10.0 Å². The molecule has 1 aromatic heterocycles. The van der Waals surface area contributed by atoms with Crippen LogP contribution in [0.1, 0.15) is 29.2 Å². The minimum Gasteiger partial charge on any atom is -0.295 e. The van der Waals surface area contributed by atoms with Crippen LogP contribution in [0.5, 0.6) is 0 Å². The van der Waals surface area contributed by atoms with Crippen LogP contribution in [0, 0.1) is 0 Å². The molecule has 2 rings (SSSR count). The number of sulfonamides is 1. The Bertz CT molecular complexity index is 721. The molecule has 20 heavy (non-hydrogen) atoms. The van der Waals surface area contributed by atoms with Gasteiger partial charge in [-0.1, -0.05) is 30.4 Å². The molecule has 0 radical (unpaired) electrons. The largest absolute Gasteiger partial charge is 0.295 e. The molecule has 8 heteroatoms. The van der Waals surface area contributed by atoms with E-state index >= 15 is 0 Å². The highest BCUT2D eigenvalue weighted by Gasteiger charge is 2.16. The maximum Gasteiger partial charge on any atom is 0.263 e. The molecule has 0 spiro atoms. The fourth-order valence-corrected chi connectivity index (χ4v) is 3.39. The molecule has 0 aliphatic carbocycles. The van der Waals surface area contributed by atoms with Crippen molar-refractivity contribution in [1.82, 2.24) is 10.2 Å². The van der Waals surface area contributed by atoms with Gasteiger partial charge in [-0.05, 0) is 25.5 Å². The smallest absolute Gasteiger partial charge is 0.263 e. The van der Waals surface area contributed by atoms with Gasteiger partial charge < -0.3 is 0 Å². The van der Waals surface area contributed by atoms with Crippen molar-refractivity contribution < 1.29 is 13.2 Å². The van der Waals surface area contributed by atoms with E-state index in [1.54, 1.807) is 0 Å². The van der Waals surface area contributed by atoms with E-state index < -0.39 is 10.0 Å². The van der Waals surface area contributed by atoms with Gasteiger partial charge >= 0.3 is 0 Å². The van der Waals surface area contributed by atoms with E-state index in [9.17, 15) is 13.2 Å². The lowest BCUT2D eigenvalue weighted by Gasteiger charge is -2.05. The van der Waals surface area contributed by atoms with Crippen LogP contribution in [0.2, 0.25) is 0 Å². The van der Waals surface area contributed by atoms with Crippen LogP contribution in [0.15, 0.2) is 29.2 Å². The molecule has 0 saturated carbocycles. The molecule has 1 N–H and O–H groups in total. The van der Waals surface area contributed by atoms with Gasteiger partial charge in [-0.15, -0.1) is 10.2 Å². The predicted octanol–water partition coefficient (Wildman–Crippen LogP) is 2.10. The van der Waals surface area contributed by atoms with E-state index in [4.69, 9.17) is 0 Å². The molecule has 1 heterocycles. The standard InChI is InChI=1S/C12H13N3O3S2/c1-3-11-13-14-12(19-11)15-20(17,18)10-6-4-9(5-7-10)8(2)16/h4-7H,3H2,1-2H3,(H,14,15). The first-order chi connectivity index (χ1) is 9.42. The molecular formula is C12H13N3O3S2. The minimum absolute atomic E-state index is 0.0794. The Morgan fingerprint density at radius 3 is 2.40 bits per heavy atom. The van der Waals surface area contributed by atoms with Gasteiger partial charge in [-0.2, -0.15) is 0 Å². The summed E-state index contributed by atoms with van der Waals surface area (Å²) < 4.78 is 26.6. The SMILES string of the molecule is CCc1nnc(NS(=O)(=O)c2ccc(C(C)=O)cc2)s1.